The quantitative estimate of drug-likeness (QED) is 0.318. The minimum Gasteiger partial charge on any atom is -0.483 e. The predicted octanol–water partition coefficient (Wildman–Crippen LogP) is 6.00. The van der Waals surface area contributed by atoms with Gasteiger partial charge in [-0.2, -0.15) is 0 Å². The molecule has 190 valence electrons. The van der Waals surface area contributed by atoms with Crippen LogP contribution in [-0.4, -0.2) is 35.4 Å². The smallest absolute Gasteiger partial charge is 0.261 e. The zero-order valence-electron chi connectivity index (χ0n) is 21.5. The second-order valence-corrected chi connectivity index (χ2v) is 10.1. The van der Waals surface area contributed by atoms with Crippen LogP contribution in [0.3, 0.4) is 0 Å². The second kappa shape index (κ2) is 13.3. The number of amides is 2. The average Bonchev–Trinajstić information content (AvgIpc) is 2.87. The van der Waals surface area contributed by atoms with Gasteiger partial charge in [-0.05, 0) is 67.6 Å². The maximum Gasteiger partial charge on any atom is 0.261 e. The molecule has 0 heterocycles. The lowest BCUT2D eigenvalue weighted by Crippen LogP contribution is -2.53. The predicted molar refractivity (Wildman–Crippen MR) is 148 cm³/mol. The van der Waals surface area contributed by atoms with Crippen molar-refractivity contribution in [3.8, 4) is 5.75 Å². The van der Waals surface area contributed by atoms with Gasteiger partial charge in [-0.1, -0.05) is 77.5 Å². The van der Waals surface area contributed by atoms with E-state index in [9.17, 15) is 9.59 Å². The molecule has 3 aromatic rings. The molecule has 3 rings (SSSR count). The summed E-state index contributed by atoms with van der Waals surface area (Å²) >= 11 is 3.52. The van der Waals surface area contributed by atoms with E-state index in [1.807, 2.05) is 100 Å². The van der Waals surface area contributed by atoms with Crippen LogP contribution in [0.1, 0.15) is 42.5 Å². The Morgan fingerprint density at radius 2 is 1.69 bits per heavy atom. The second-order valence-electron chi connectivity index (χ2n) is 9.23. The van der Waals surface area contributed by atoms with Gasteiger partial charge in [-0.25, -0.2) is 0 Å². The van der Waals surface area contributed by atoms with Gasteiger partial charge in [0.05, 0.1) is 0 Å². The molecule has 36 heavy (non-hydrogen) atoms. The van der Waals surface area contributed by atoms with Gasteiger partial charge in [-0.3, -0.25) is 9.59 Å². The first-order valence-electron chi connectivity index (χ1n) is 12.3. The van der Waals surface area contributed by atoms with E-state index in [0.29, 0.717) is 18.7 Å². The summed E-state index contributed by atoms with van der Waals surface area (Å²) < 4.78 is 6.89. The maximum atomic E-state index is 13.7. The van der Waals surface area contributed by atoms with Crippen LogP contribution in [0.5, 0.6) is 5.75 Å². The molecule has 3 aromatic carbocycles. The van der Waals surface area contributed by atoms with Gasteiger partial charge in [0.1, 0.15) is 11.8 Å². The highest BCUT2D eigenvalue weighted by molar-refractivity contribution is 9.10. The summed E-state index contributed by atoms with van der Waals surface area (Å²) in [7, 11) is 0. The van der Waals surface area contributed by atoms with Crippen molar-refractivity contribution in [1.82, 2.24) is 10.2 Å². The fourth-order valence-corrected chi connectivity index (χ4v) is 4.36. The Labute approximate surface area is 223 Å². The van der Waals surface area contributed by atoms with Crippen LogP contribution in [0, 0.1) is 13.8 Å². The number of nitrogens with one attached hydrogen (secondary N) is 1. The third kappa shape index (κ3) is 7.95. The van der Waals surface area contributed by atoms with Gasteiger partial charge in [0.25, 0.3) is 5.91 Å². The monoisotopic (exact) mass is 550 g/mol. The summed E-state index contributed by atoms with van der Waals surface area (Å²) in [6.07, 6.45) is 1.21. The molecule has 0 saturated carbocycles. The summed E-state index contributed by atoms with van der Waals surface area (Å²) in [6.45, 7) is 8.08. The minimum atomic E-state index is -0.685. The molecule has 0 aliphatic rings. The highest BCUT2D eigenvalue weighted by atomic mass is 79.9. The number of carbonyl (C=O) groups is 2. The molecule has 2 atom stereocenters. The van der Waals surface area contributed by atoms with Gasteiger partial charge < -0.3 is 15.0 Å². The fourth-order valence-electron chi connectivity index (χ4n) is 3.91. The van der Waals surface area contributed by atoms with E-state index in [1.165, 1.54) is 0 Å². The lowest BCUT2D eigenvalue weighted by Gasteiger charge is -2.32. The zero-order valence-corrected chi connectivity index (χ0v) is 23.0. The zero-order chi connectivity index (χ0) is 26.1. The highest BCUT2D eigenvalue weighted by Gasteiger charge is 2.31. The number of hydrogen-bond acceptors (Lipinski definition) is 3. The Hall–Kier alpha value is -3.12. The van der Waals surface area contributed by atoms with Crippen molar-refractivity contribution in [2.24, 2.45) is 0 Å². The van der Waals surface area contributed by atoms with Crippen molar-refractivity contribution in [1.29, 1.82) is 0 Å². The lowest BCUT2D eigenvalue weighted by atomic mass is 10.0. The number of halogens is 1. The highest BCUT2D eigenvalue weighted by Crippen LogP contribution is 2.21. The summed E-state index contributed by atoms with van der Waals surface area (Å²) in [5.74, 6) is 0.272. The van der Waals surface area contributed by atoms with Crippen molar-refractivity contribution in [3.05, 3.63) is 99.5 Å². The molecule has 0 aromatic heterocycles. The van der Waals surface area contributed by atoms with Crippen molar-refractivity contribution in [2.45, 2.75) is 59.2 Å². The summed E-state index contributed by atoms with van der Waals surface area (Å²) in [5, 5.41) is 3.09. The van der Waals surface area contributed by atoms with E-state index in [-0.39, 0.29) is 24.5 Å². The molecule has 5 nitrogen and oxygen atoms in total. The van der Waals surface area contributed by atoms with E-state index >= 15 is 0 Å². The largest absolute Gasteiger partial charge is 0.483 e. The Morgan fingerprint density at radius 1 is 0.972 bits per heavy atom. The number of rotatable bonds is 11. The maximum absolute atomic E-state index is 13.7. The van der Waals surface area contributed by atoms with Gasteiger partial charge in [-0.15, -0.1) is 0 Å². The number of nitrogens with zero attached hydrogens (tertiary/aromatic N) is 1. The number of benzene rings is 3. The third-order valence-electron chi connectivity index (χ3n) is 6.21. The molecule has 2 unspecified atom stereocenters. The van der Waals surface area contributed by atoms with Gasteiger partial charge in [0.2, 0.25) is 5.91 Å². The minimum absolute atomic E-state index is 0.00443. The molecule has 0 aliphatic heterocycles. The van der Waals surface area contributed by atoms with Gasteiger partial charge in [0.15, 0.2) is 6.61 Å². The van der Waals surface area contributed by atoms with Crippen molar-refractivity contribution in [2.75, 3.05) is 6.61 Å². The van der Waals surface area contributed by atoms with E-state index in [2.05, 4.69) is 21.2 Å². The Kier molecular flexibility index (Phi) is 10.1. The van der Waals surface area contributed by atoms with Crippen LogP contribution in [0.2, 0.25) is 0 Å². The van der Waals surface area contributed by atoms with Crippen LogP contribution in [-0.2, 0) is 22.6 Å². The summed E-state index contributed by atoms with van der Waals surface area (Å²) in [5.41, 5.74) is 3.94. The molecule has 0 saturated heterocycles. The van der Waals surface area contributed by atoms with E-state index in [1.54, 1.807) is 4.90 Å². The number of aryl methyl sites for hydroxylation is 2. The van der Waals surface area contributed by atoms with E-state index in [4.69, 9.17) is 4.74 Å². The Balaban J connectivity index is 1.93. The normalized spacial score (nSPS) is 12.5. The Bertz CT molecular complexity index is 1170. The van der Waals surface area contributed by atoms with E-state index in [0.717, 1.165) is 33.1 Å². The number of hydrogen-bond donors (Lipinski definition) is 1. The molecular formula is C30H35BrN2O3. The molecule has 6 heteroatoms. The van der Waals surface area contributed by atoms with E-state index < -0.39 is 6.04 Å². The van der Waals surface area contributed by atoms with Crippen LogP contribution in [0.4, 0.5) is 0 Å². The first kappa shape index (κ1) is 27.5. The standard InChI is InChI=1S/C30H35BrN2O3/c1-5-23(4)32-30(35)27(18-24-10-7-6-8-11-24)33(19-25-12-9-13-26(31)17-25)29(34)20-36-28-16-21(2)14-15-22(28)3/h6-17,23,27H,5,18-20H2,1-4H3,(H,32,35). The fraction of sp³-hybridized carbons (Fsp3) is 0.333. The first-order valence-corrected chi connectivity index (χ1v) is 13.1. The van der Waals surface area contributed by atoms with Crippen molar-refractivity contribution >= 4 is 27.7 Å². The van der Waals surface area contributed by atoms with Crippen LogP contribution >= 0.6 is 15.9 Å². The van der Waals surface area contributed by atoms with Gasteiger partial charge >= 0.3 is 0 Å². The molecule has 0 fully saturated rings. The van der Waals surface area contributed by atoms with Crippen LogP contribution < -0.4 is 10.1 Å². The molecule has 0 radical (unpaired) electrons. The number of ether oxygens (including phenoxy) is 1. The molecule has 0 spiro atoms. The van der Waals surface area contributed by atoms with Gasteiger partial charge in [0, 0.05) is 23.5 Å². The van der Waals surface area contributed by atoms with Crippen molar-refractivity contribution < 1.29 is 14.3 Å². The lowest BCUT2D eigenvalue weighted by molar-refractivity contribution is -0.143. The SMILES string of the molecule is CCC(C)NC(=O)C(Cc1ccccc1)N(Cc1cccc(Br)c1)C(=O)COc1cc(C)ccc1C. The Morgan fingerprint density at radius 3 is 2.39 bits per heavy atom. The molecule has 0 bridgehead atoms. The first-order chi connectivity index (χ1) is 17.3. The summed E-state index contributed by atoms with van der Waals surface area (Å²) in [4.78, 5) is 28.9. The third-order valence-corrected chi connectivity index (χ3v) is 6.70. The molecule has 2 amide bonds. The van der Waals surface area contributed by atoms with Crippen molar-refractivity contribution in [3.63, 3.8) is 0 Å². The molecule has 1 N–H and O–H groups in total. The topological polar surface area (TPSA) is 58.6 Å². The molecule has 0 aliphatic carbocycles. The molecular weight excluding hydrogens is 516 g/mol. The van der Waals surface area contributed by atoms with Crippen LogP contribution in [0.15, 0.2) is 77.3 Å². The van der Waals surface area contributed by atoms with Crippen LogP contribution in [0.25, 0.3) is 0 Å². The number of carbonyl (C=O) groups excluding carboxylic acids is 2. The summed E-state index contributed by atoms with van der Waals surface area (Å²) in [6, 6.07) is 22.8. The average molecular weight is 552 g/mol.